The van der Waals surface area contributed by atoms with E-state index in [4.69, 9.17) is 4.74 Å². The van der Waals surface area contributed by atoms with Crippen LogP contribution in [0.5, 0.6) is 0 Å². The Morgan fingerprint density at radius 1 is 1.44 bits per heavy atom. The van der Waals surface area contributed by atoms with Crippen LogP contribution in [0.1, 0.15) is 40.0 Å². The molecule has 0 aromatic carbocycles. The van der Waals surface area contributed by atoms with Gasteiger partial charge in [0.15, 0.2) is 0 Å². The lowest BCUT2D eigenvalue weighted by Gasteiger charge is -2.39. The highest BCUT2D eigenvalue weighted by Gasteiger charge is 2.34. The third-order valence-electron chi connectivity index (χ3n) is 3.72. The number of likely N-dealkylation sites (tertiary alicyclic amines) is 1. The Kier molecular flexibility index (Phi) is 6.09. The molecule has 0 aromatic rings. The van der Waals surface area contributed by atoms with E-state index in [1.54, 1.807) is 0 Å². The van der Waals surface area contributed by atoms with Crippen LogP contribution in [0.3, 0.4) is 0 Å². The van der Waals surface area contributed by atoms with Gasteiger partial charge >= 0.3 is 5.97 Å². The van der Waals surface area contributed by atoms with Gasteiger partial charge in [0.2, 0.25) is 0 Å². The fourth-order valence-electron chi connectivity index (χ4n) is 2.66. The number of carbonyl (C=O) groups is 1. The van der Waals surface area contributed by atoms with Gasteiger partial charge in [-0.25, -0.2) is 0 Å². The number of likely N-dealkylation sites (N-methyl/N-ethyl adjacent to an activating group) is 1. The predicted octanol–water partition coefficient (Wildman–Crippen LogP) is 1.65. The van der Waals surface area contributed by atoms with E-state index in [0.717, 1.165) is 26.2 Å². The van der Waals surface area contributed by atoms with Crippen LogP contribution in [-0.2, 0) is 9.53 Å². The summed E-state index contributed by atoms with van der Waals surface area (Å²) in [7, 11) is 1.47. The number of esters is 1. The van der Waals surface area contributed by atoms with Crippen LogP contribution < -0.4 is 5.32 Å². The molecular weight excluding hydrogens is 228 g/mol. The lowest BCUT2D eigenvalue weighted by atomic mass is 9.90. The van der Waals surface area contributed by atoms with Gasteiger partial charge in [0.25, 0.3) is 0 Å². The Morgan fingerprint density at radius 3 is 2.78 bits per heavy atom. The van der Waals surface area contributed by atoms with Gasteiger partial charge in [0, 0.05) is 19.1 Å². The van der Waals surface area contributed by atoms with Crippen molar-refractivity contribution in [1.29, 1.82) is 0 Å². The van der Waals surface area contributed by atoms with Crippen LogP contribution in [0.15, 0.2) is 0 Å². The average molecular weight is 256 g/mol. The summed E-state index contributed by atoms with van der Waals surface area (Å²) in [5.74, 6) is -0.115. The van der Waals surface area contributed by atoms with Crippen LogP contribution in [0, 0.1) is 5.41 Å². The van der Waals surface area contributed by atoms with Gasteiger partial charge in [-0.3, -0.25) is 9.69 Å². The van der Waals surface area contributed by atoms with E-state index in [9.17, 15) is 4.79 Å². The quantitative estimate of drug-likeness (QED) is 0.734. The van der Waals surface area contributed by atoms with Crippen molar-refractivity contribution in [3.63, 3.8) is 0 Å². The second kappa shape index (κ2) is 7.10. The molecule has 0 radical (unpaired) electrons. The number of rotatable bonds is 6. The van der Waals surface area contributed by atoms with Crippen LogP contribution in [-0.4, -0.2) is 50.2 Å². The molecule has 0 bridgehead atoms. The van der Waals surface area contributed by atoms with Gasteiger partial charge < -0.3 is 10.1 Å². The minimum Gasteiger partial charge on any atom is -0.469 e. The molecule has 1 unspecified atom stereocenters. The second-order valence-corrected chi connectivity index (χ2v) is 5.80. The minimum atomic E-state index is -0.420. The molecule has 1 N–H and O–H groups in total. The van der Waals surface area contributed by atoms with Gasteiger partial charge in [-0.15, -0.1) is 0 Å². The first kappa shape index (κ1) is 15.4. The SMILES string of the molecule is CCNCC1CCCCN1CC(C)(C)C(=O)OC. The number of hydrogen-bond donors (Lipinski definition) is 1. The maximum Gasteiger partial charge on any atom is 0.312 e. The van der Waals surface area contributed by atoms with Gasteiger partial charge in [-0.2, -0.15) is 0 Å². The van der Waals surface area contributed by atoms with Crippen molar-refractivity contribution in [3.8, 4) is 0 Å². The van der Waals surface area contributed by atoms with E-state index in [2.05, 4.69) is 17.1 Å². The van der Waals surface area contributed by atoms with Crippen molar-refractivity contribution in [2.45, 2.75) is 46.1 Å². The Balaban J connectivity index is 2.58. The van der Waals surface area contributed by atoms with Crippen molar-refractivity contribution in [2.75, 3.05) is 33.3 Å². The molecule has 1 aliphatic heterocycles. The number of piperidine rings is 1. The lowest BCUT2D eigenvalue weighted by Crippen LogP contribution is -2.50. The largest absolute Gasteiger partial charge is 0.469 e. The van der Waals surface area contributed by atoms with Crippen molar-refractivity contribution in [1.82, 2.24) is 10.2 Å². The highest BCUT2D eigenvalue weighted by atomic mass is 16.5. The lowest BCUT2D eigenvalue weighted by molar-refractivity contribution is -0.152. The summed E-state index contributed by atoms with van der Waals surface area (Å²) in [5, 5.41) is 3.42. The van der Waals surface area contributed by atoms with Gasteiger partial charge in [-0.1, -0.05) is 13.3 Å². The fraction of sp³-hybridized carbons (Fsp3) is 0.929. The van der Waals surface area contributed by atoms with Crippen LogP contribution in [0.2, 0.25) is 0 Å². The Labute approximate surface area is 111 Å². The molecule has 1 aliphatic rings. The van der Waals surface area contributed by atoms with E-state index in [0.29, 0.717) is 6.04 Å². The summed E-state index contributed by atoms with van der Waals surface area (Å²) in [6.45, 7) is 9.98. The summed E-state index contributed by atoms with van der Waals surface area (Å²) in [5.41, 5.74) is -0.420. The second-order valence-electron chi connectivity index (χ2n) is 5.80. The molecule has 0 aromatic heterocycles. The third kappa shape index (κ3) is 4.25. The summed E-state index contributed by atoms with van der Waals surface area (Å²) < 4.78 is 4.89. The smallest absolute Gasteiger partial charge is 0.312 e. The van der Waals surface area contributed by atoms with Crippen LogP contribution >= 0.6 is 0 Å². The molecule has 4 nitrogen and oxygen atoms in total. The Bertz CT molecular complexity index is 267. The van der Waals surface area contributed by atoms with E-state index < -0.39 is 5.41 Å². The number of hydrogen-bond acceptors (Lipinski definition) is 4. The van der Waals surface area contributed by atoms with Crippen LogP contribution in [0.25, 0.3) is 0 Å². The summed E-state index contributed by atoms with van der Waals surface area (Å²) >= 11 is 0. The predicted molar refractivity (Wildman–Crippen MR) is 73.6 cm³/mol. The zero-order chi connectivity index (χ0) is 13.6. The van der Waals surface area contributed by atoms with Crippen molar-refractivity contribution >= 4 is 5.97 Å². The molecule has 0 spiro atoms. The van der Waals surface area contributed by atoms with E-state index in [1.165, 1.54) is 26.4 Å². The molecule has 0 saturated carbocycles. The molecule has 1 rings (SSSR count). The van der Waals surface area contributed by atoms with E-state index >= 15 is 0 Å². The number of nitrogens with one attached hydrogen (secondary N) is 1. The zero-order valence-corrected chi connectivity index (χ0v) is 12.3. The fourth-order valence-corrected chi connectivity index (χ4v) is 2.66. The first-order valence-electron chi connectivity index (χ1n) is 7.04. The summed E-state index contributed by atoms with van der Waals surface area (Å²) in [4.78, 5) is 14.2. The first-order chi connectivity index (χ1) is 8.51. The van der Waals surface area contributed by atoms with E-state index in [1.807, 2.05) is 13.8 Å². The minimum absolute atomic E-state index is 0.115. The number of methoxy groups -OCH3 is 1. The highest BCUT2D eigenvalue weighted by Crippen LogP contribution is 2.24. The maximum atomic E-state index is 11.8. The molecule has 18 heavy (non-hydrogen) atoms. The molecule has 106 valence electrons. The zero-order valence-electron chi connectivity index (χ0n) is 12.3. The molecule has 1 atom stereocenters. The number of ether oxygens (including phenoxy) is 1. The van der Waals surface area contributed by atoms with Crippen LogP contribution in [0.4, 0.5) is 0 Å². The monoisotopic (exact) mass is 256 g/mol. The number of nitrogens with zero attached hydrogens (tertiary/aromatic N) is 1. The van der Waals surface area contributed by atoms with Crippen molar-refractivity contribution in [3.05, 3.63) is 0 Å². The topological polar surface area (TPSA) is 41.6 Å². The number of carbonyl (C=O) groups excluding carboxylic acids is 1. The van der Waals surface area contributed by atoms with E-state index in [-0.39, 0.29) is 5.97 Å². The molecule has 1 fully saturated rings. The molecular formula is C14H28N2O2. The molecule has 0 amide bonds. The van der Waals surface area contributed by atoms with Gasteiger partial charge in [-0.05, 0) is 39.8 Å². The first-order valence-corrected chi connectivity index (χ1v) is 7.04. The maximum absolute atomic E-state index is 11.8. The van der Waals surface area contributed by atoms with Crippen molar-refractivity contribution < 1.29 is 9.53 Å². The van der Waals surface area contributed by atoms with Gasteiger partial charge in [0.1, 0.15) is 0 Å². The Morgan fingerprint density at radius 2 is 2.17 bits per heavy atom. The molecule has 0 aliphatic carbocycles. The third-order valence-corrected chi connectivity index (χ3v) is 3.72. The molecule has 1 saturated heterocycles. The normalized spacial score (nSPS) is 21.9. The highest BCUT2D eigenvalue weighted by molar-refractivity contribution is 5.76. The average Bonchev–Trinajstić information content (AvgIpc) is 2.36. The molecule has 4 heteroatoms. The Hall–Kier alpha value is -0.610. The summed E-state index contributed by atoms with van der Waals surface area (Å²) in [6.07, 6.45) is 3.76. The standard InChI is InChI=1S/C14H28N2O2/c1-5-15-10-12-8-6-7-9-16(12)11-14(2,3)13(17)18-4/h12,15H,5-11H2,1-4H3. The van der Waals surface area contributed by atoms with Crippen molar-refractivity contribution in [2.24, 2.45) is 5.41 Å². The molecule has 1 heterocycles. The van der Waals surface area contributed by atoms with Gasteiger partial charge in [0.05, 0.1) is 12.5 Å². The summed E-state index contributed by atoms with van der Waals surface area (Å²) in [6, 6.07) is 0.558.